The average molecular weight is 222 g/mol. The van der Waals surface area contributed by atoms with E-state index in [1.165, 1.54) is 0 Å². The topological polar surface area (TPSA) is 57.9 Å². The summed E-state index contributed by atoms with van der Waals surface area (Å²) in [5, 5.41) is 8.76. The summed E-state index contributed by atoms with van der Waals surface area (Å²) in [7, 11) is 1.80. The van der Waals surface area contributed by atoms with Gasteiger partial charge < -0.3 is 0 Å². The van der Waals surface area contributed by atoms with Crippen molar-refractivity contribution in [1.82, 2.24) is 0 Å². The molecule has 0 aromatic rings. The smallest absolute Gasteiger partial charge is 0.212 e. The summed E-state index contributed by atoms with van der Waals surface area (Å²) >= 11 is 0. The zero-order chi connectivity index (χ0) is 10.3. The van der Waals surface area contributed by atoms with Crippen LogP contribution in [0.4, 0.5) is 0 Å². The first-order valence-corrected chi connectivity index (χ1v) is 6.39. The maximum absolute atomic E-state index is 11.2. The number of nitriles is 1. The van der Waals surface area contributed by atoms with Gasteiger partial charge in [0.05, 0.1) is 16.2 Å². The van der Waals surface area contributed by atoms with Crippen molar-refractivity contribution in [2.75, 3.05) is 0 Å². The molecule has 0 spiro atoms. The largest absolute Gasteiger partial charge is 0.238 e. The van der Waals surface area contributed by atoms with Crippen LogP contribution in [0.15, 0.2) is 0 Å². The van der Waals surface area contributed by atoms with Gasteiger partial charge in [-0.25, -0.2) is 8.42 Å². The lowest BCUT2D eigenvalue weighted by Crippen LogP contribution is -2.25. The predicted molar refractivity (Wildman–Crippen MR) is 50.7 cm³/mol. The summed E-state index contributed by atoms with van der Waals surface area (Å²) in [6.45, 7) is 3.46. The summed E-state index contributed by atoms with van der Waals surface area (Å²) < 4.78 is 21.5. The normalized spacial score (nSPS) is 20.8. The van der Waals surface area contributed by atoms with Crippen LogP contribution in [0.25, 0.3) is 0 Å². The van der Waals surface area contributed by atoms with Crippen LogP contribution in [-0.4, -0.2) is 13.2 Å². The number of rotatable bonds is 3. The van der Waals surface area contributed by atoms with Crippen molar-refractivity contribution in [3.05, 3.63) is 0 Å². The van der Waals surface area contributed by atoms with E-state index in [1.807, 2.05) is 0 Å². The highest BCUT2D eigenvalue weighted by atomic mass is 35.7. The first-order valence-electron chi connectivity index (χ1n) is 4.08. The molecule has 1 saturated carbocycles. The van der Waals surface area contributed by atoms with Gasteiger partial charge in [-0.1, -0.05) is 0 Å². The Morgan fingerprint density at radius 1 is 1.54 bits per heavy atom. The Bertz CT molecular complexity index is 349. The van der Waals surface area contributed by atoms with Crippen LogP contribution in [-0.2, 0) is 9.05 Å². The molecule has 0 aromatic heterocycles. The van der Waals surface area contributed by atoms with Gasteiger partial charge in [-0.3, -0.25) is 0 Å². The first kappa shape index (κ1) is 10.8. The van der Waals surface area contributed by atoms with Gasteiger partial charge in [-0.2, -0.15) is 5.26 Å². The molecule has 0 N–H and O–H groups in total. The summed E-state index contributed by atoms with van der Waals surface area (Å²) in [5.74, 6) is 0. The van der Waals surface area contributed by atoms with E-state index < -0.39 is 19.2 Å². The molecule has 0 unspecified atom stereocenters. The lowest BCUT2D eigenvalue weighted by Gasteiger charge is -2.20. The molecule has 1 aliphatic rings. The Hall–Kier alpha value is -0.270. The monoisotopic (exact) mass is 221 g/mol. The molecule has 1 rings (SSSR count). The van der Waals surface area contributed by atoms with Crippen molar-refractivity contribution < 1.29 is 8.42 Å². The Morgan fingerprint density at radius 3 is 2.23 bits per heavy atom. The zero-order valence-corrected chi connectivity index (χ0v) is 9.24. The van der Waals surface area contributed by atoms with Crippen molar-refractivity contribution in [2.45, 2.75) is 37.9 Å². The quantitative estimate of drug-likeness (QED) is 0.686. The Morgan fingerprint density at radius 2 is 2.00 bits per heavy atom. The van der Waals surface area contributed by atoms with E-state index in [0.717, 1.165) is 0 Å². The van der Waals surface area contributed by atoms with E-state index in [1.54, 1.807) is 13.8 Å². The van der Waals surface area contributed by atoms with Crippen molar-refractivity contribution in [1.29, 1.82) is 5.26 Å². The zero-order valence-electron chi connectivity index (χ0n) is 7.67. The van der Waals surface area contributed by atoms with Gasteiger partial charge in [-0.05, 0) is 33.1 Å². The molecule has 0 bridgehead atoms. The molecule has 3 nitrogen and oxygen atoms in total. The number of nitrogens with zero attached hydrogens (tertiary/aromatic N) is 1. The molecule has 1 fully saturated rings. The fourth-order valence-electron chi connectivity index (χ4n) is 1.49. The van der Waals surface area contributed by atoms with Crippen LogP contribution in [0.3, 0.4) is 0 Å². The molecule has 0 saturated heterocycles. The van der Waals surface area contributed by atoms with E-state index in [4.69, 9.17) is 15.9 Å². The maximum atomic E-state index is 11.2. The molecule has 0 aromatic carbocycles. The van der Waals surface area contributed by atoms with Crippen molar-refractivity contribution in [3.63, 3.8) is 0 Å². The van der Waals surface area contributed by atoms with Crippen molar-refractivity contribution in [2.24, 2.45) is 5.41 Å². The molecular formula is C8H12ClNO2S. The van der Waals surface area contributed by atoms with E-state index >= 15 is 0 Å². The van der Waals surface area contributed by atoms with Crippen LogP contribution in [0.5, 0.6) is 0 Å². The second kappa shape index (κ2) is 2.86. The van der Waals surface area contributed by atoms with Crippen molar-refractivity contribution >= 4 is 19.7 Å². The van der Waals surface area contributed by atoms with E-state index in [-0.39, 0.29) is 0 Å². The highest BCUT2D eigenvalue weighted by Crippen LogP contribution is 2.52. The first-order chi connectivity index (χ1) is 5.72. The van der Waals surface area contributed by atoms with E-state index in [0.29, 0.717) is 19.3 Å². The average Bonchev–Trinajstić information content (AvgIpc) is 2.67. The molecule has 13 heavy (non-hydrogen) atoms. The molecule has 1 aliphatic carbocycles. The number of halogens is 1. The highest BCUT2D eigenvalue weighted by Gasteiger charge is 2.56. The second-order valence-corrected chi connectivity index (χ2v) is 7.25. The van der Waals surface area contributed by atoms with Gasteiger partial charge in [0.2, 0.25) is 9.05 Å². The summed E-state index contributed by atoms with van der Waals surface area (Å²) in [6, 6.07) is 2.09. The van der Waals surface area contributed by atoms with Gasteiger partial charge >= 0.3 is 0 Å². The summed E-state index contributed by atoms with van der Waals surface area (Å²) in [4.78, 5) is 0. The van der Waals surface area contributed by atoms with Gasteiger partial charge in [0, 0.05) is 10.7 Å². The molecule has 74 valence electrons. The lowest BCUT2D eigenvalue weighted by molar-refractivity contribution is 0.426. The molecule has 0 atom stereocenters. The maximum Gasteiger partial charge on any atom is 0.238 e. The van der Waals surface area contributed by atoms with Crippen LogP contribution < -0.4 is 0 Å². The molecule has 5 heteroatoms. The predicted octanol–water partition coefficient (Wildman–Crippen LogP) is 2.03. The molecule has 0 radical (unpaired) electrons. The SMILES string of the molecule is CC(C)(C#N)CC1(S(=O)(=O)Cl)CC1. The van der Waals surface area contributed by atoms with Crippen LogP contribution >= 0.6 is 10.7 Å². The summed E-state index contributed by atoms with van der Waals surface area (Å²) in [5.41, 5.74) is -0.613. The van der Waals surface area contributed by atoms with Gasteiger partial charge in [0.1, 0.15) is 0 Å². The van der Waals surface area contributed by atoms with Gasteiger partial charge in [-0.15, -0.1) is 0 Å². The van der Waals surface area contributed by atoms with E-state index in [2.05, 4.69) is 6.07 Å². The Labute approximate surface area is 83.1 Å². The Balaban J connectivity index is 2.83. The van der Waals surface area contributed by atoms with Gasteiger partial charge in [0.15, 0.2) is 0 Å². The Kier molecular flexibility index (Phi) is 2.38. The molecule has 0 amide bonds. The number of hydrogen-bond acceptors (Lipinski definition) is 3. The fraction of sp³-hybridized carbons (Fsp3) is 0.875. The molecule has 0 aliphatic heterocycles. The number of hydrogen-bond donors (Lipinski definition) is 0. The minimum absolute atomic E-state index is 0.336. The minimum atomic E-state index is -3.51. The third kappa shape index (κ3) is 2.15. The second-order valence-electron chi connectivity index (χ2n) is 4.29. The van der Waals surface area contributed by atoms with Crippen LogP contribution in [0.2, 0.25) is 0 Å². The van der Waals surface area contributed by atoms with Crippen molar-refractivity contribution in [3.8, 4) is 6.07 Å². The van der Waals surface area contributed by atoms with Crippen LogP contribution in [0, 0.1) is 16.7 Å². The third-order valence-corrected chi connectivity index (χ3v) is 4.96. The molecule has 0 heterocycles. The minimum Gasteiger partial charge on any atom is -0.212 e. The van der Waals surface area contributed by atoms with Crippen LogP contribution in [0.1, 0.15) is 33.1 Å². The standard InChI is InChI=1S/C8H12ClNO2S/c1-7(2,6-10)5-8(3-4-8)13(9,11)12/h3-5H2,1-2H3. The van der Waals surface area contributed by atoms with Gasteiger partial charge in [0.25, 0.3) is 0 Å². The lowest BCUT2D eigenvalue weighted by atomic mass is 9.89. The molecular weight excluding hydrogens is 210 g/mol. The summed E-state index contributed by atoms with van der Waals surface area (Å²) in [6.07, 6.45) is 1.51. The third-order valence-electron chi connectivity index (χ3n) is 2.39. The highest BCUT2D eigenvalue weighted by molar-refractivity contribution is 8.15. The van der Waals surface area contributed by atoms with E-state index in [9.17, 15) is 8.42 Å². The fourth-order valence-corrected chi connectivity index (χ4v) is 3.24.